The molecule has 0 saturated heterocycles. The van der Waals surface area contributed by atoms with E-state index < -0.39 is 0 Å². The Bertz CT molecular complexity index is 3140. The first-order valence-corrected chi connectivity index (χ1v) is 30.6. The molecule has 0 nitrogen and oxygen atoms in total. The van der Waals surface area contributed by atoms with E-state index in [0.29, 0.717) is 33.4 Å². The van der Waals surface area contributed by atoms with Gasteiger partial charge in [0.2, 0.25) is 0 Å². The van der Waals surface area contributed by atoms with Gasteiger partial charge < -0.3 is 0 Å². The van der Waals surface area contributed by atoms with Crippen LogP contribution in [0.4, 0.5) is 8.78 Å². The van der Waals surface area contributed by atoms with Crippen LogP contribution in [0.25, 0.3) is 80.1 Å². The zero-order valence-corrected chi connectivity index (χ0v) is 48.5. The van der Waals surface area contributed by atoms with Crippen LogP contribution in [0.5, 0.6) is 0 Å². The molecular weight excluding hydrogens is 991 g/mol. The van der Waals surface area contributed by atoms with Gasteiger partial charge in [-0.3, -0.25) is 0 Å². The Balaban J connectivity index is 1.20. The van der Waals surface area contributed by atoms with E-state index in [2.05, 4.69) is 145 Å². The number of thiophene rings is 8. The van der Waals surface area contributed by atoms with Crippen LogP contribution >= 0.6 is 90.7 Å². The van der Waals surface area contributed by atoms with Crippen molar-refractivity contribution >= 4 is 111 Å². The van der Waals surface area contributed by atoms with Crippen molar-refractivity contribution in [3.63, 3.8) is 0 Å². The topological polar surface area (TPSA) is 0 Å². The summed E-state index contributed by atoms with van der Waals surface area (Å²) in [5, 5.41) is 2.67. The van der Waals surface area contributed by atoms with Gasteiger partial charge in [0.05, 0.1) is 9.75 Å². The third-order valence-corrected chi connectivity index (χ3v) is 22.8. The van der Waals surface area contributed by atoms with Crippen molar-refractivity contribution in [1.29, 1.82) is 0 Å². The summed E-state index contributed by atoms with van der Waals surface area (Å²) in [6.45, 7) is 31.9. The number of benzene rings is 1. The lowest BCUT2D eigenvalue weighted by Gasteiger charge is -2.15. The van der Waals surface area contributed by atoms with E-state index in [1.165, 1.54) is 104 Å². The summed E-state index contributed by atoms with van der Waals surface area (Å²) >= 11 is 14.1. The Hall–Kier alpha value is -2.80. The van der Waals surface area contributed by atoms with Crippen molar-refractivity contribution in [2.45, 2.75) is 133 Å². The summed E-state index contributed by atoms with van der Waals surface area (Å²) in [5.41, 5.74) is 5.21. The number of rotatable bonds is 14. The lowest BCUT2D eigenvalue weighted by molar-refractivity contribution is 0.601. The zero-order chi connectivity index (χ0) is 48.7. The van der Waals surface area contributed by atoms with Gasteiger partial charge in [0.1, 0.15) is 11.6 Å². The summed E-state index contributed by atoms with van der Waals surface area (Å²) in [4.78, 5) is 15.4. The minimum atomic E-state index is -0.349. The molecule has 9 rings (SSSR count). The average Bonchev–Trinajstić information content (AvgIpc) is 4.07. The molecule has 0 N–H and O–H groups in total. The lowest BCUT2D eigenvalue weighted by Crippen LogP contribution is -2.08. The molecule has 0 atom stereocenters. The van der Waals surface area contributed by atoms with E-state index in [0.717, 1.165) is 45.2 Å². The third kappa shape index (κ3) is 10.2. The normalized spacial score (nSPS) is 12.9. The van der Waals surface area contributed by atoms with E-state index in [1.54, 1.807) is 34.8 Å². The Kier molecular flexibility index (Phi) is 14.3. The van der Waals surface area contributed by atoms with Crippen LogP contribution in [0.1, 0.15) is 128 Å². The second-order valence-corrected chi connectivity index (χ2v) is 31.0. The van der Waals surface area contributed by atoms with E-state index in [9.17, 15) is 0 Å². The van der Waals surface area contributed by atoms with E-state index >= 15 is 8.78 Å². The molecular formula is C58H64F2S8. The molecule has 0 saturated carbocycles. The number of hydrogen-bond acceptors (Lipinski definition) is 8. The summed E-state index contributed by atoms with van der Waals surface area (Å²) in [6.07, 6.45) is 3.94. The second kappa shape index (κ2) is 19.3. The maximum Gasteiger partial charge on any atom is 0.143 e. The average molecular weight is 1060 g/mol. The third-order valence-electron chi connectivity index (χ3n) is 12.1. The highest BCUT2D eigenvalue weighted by Gasteiger charge is 2.29. The van der Waals surface area contributed by atoms with Crippen LogP contribution in [0.2, 0.25) is 0 Å². The van der Waals surface area contributed by atoms with Crippen molar-refractivity contribution in [1.82, 2.24) is 0 Å². The van der Waals surface area contributed by atoms with E-state index in [-0.39, 0.29) is 22.5 Å². The molecule has 0 unspecified atom stereocenters. The molecule has 0 aliphatic heterocycles. The van der Waals surface area contributed by atoms with Crippen molar-refractivity contribution in [3.05, 3.63) is 103 Å². The van der Waals surface area contributed by atoms with E-state index in [4.69, 9.17) is 0 Å². The van der Waals surface area contributed by atoms with Gasteiger partial charge in [-0.25, -0.2) is 8.78 Å². The predicted molar refractivity (Wildman–Crippen MR) is 309 cm³/mol. The predicted octanol–water partition coefficient (Wildman–Crippen LogP) is 22.2. The van der Waals surface area contributed by atoms with Crippen molar-refractivity contribution in [2.75, 3.05) is 0 Å². The fourth-order valence-corrected chi connectivity index (χ4v) is 19.2. The summed E-state index contributed by atoms with van der Waals surface area (Å²) in [7, 11) is 0. The van der Waals surface area contributed by atoms with Gasteiger partial charge in [0, 0.05) is 89.8 Å². The van der Waals surface area contributed by atoms with Gasteiger partial charge in [-0.1, -0.05) is 96.9 Å². The molecule has 0 bridgehead atoms. The molecule has 0 spiro atoms. The maximum atomic E-state index is 16.5. The SMILES string of the molecule is CC(C)Cc1ccc(-c2c3cc(C(C)(C)C)sc3c(-c3ccc(CC(C)C)s3)c3cc(-c4cc(CC(C)C)c(-c5cc(F)c(-c6sc(-c7sc(C(C)(C)C)cc7CC(C)C)cc6F)s5)s4)sc23)s1. The smallest absolute Gasteiger partial charge is 0.143 e. The van der Waals surface area contributed by atoms with Crippen LogP contribution in [-0.4, -0.2) is 0 Å². The minimum Gasteiger partial charge on any atom is -0.205 e. The fourth-order valence-electron chi connectivity index (χ4n) is 9.02. The van der Waals surface area contributed by atoms with Gasteiger partial charge in [-0.05, 0) is 132 Å². The first-order chi connectivity index (χ1) is 32.0. The Morgan fingerprint density at radius 2 is 0.794 bits per heavy atom. The minimum absolute atomic E-state index is 0.00898. The molecule has 0 aliphatic rings. The highest BCUT2D eigenvalue weighted by atomic mass is 32.1. The first kappa shape index (κ1) is 50.2. The Labute approximate surface area is 435 Å². The number of halogens is 2. The van der Waals surface area contributed by atoms with Crippen molar-refractivity contribution < 1.29 is 8.78 Å². The standard InChI is InChI=1S/C58H64F2S8/c1-29(2)19-33-23-43(63-51(33)45-27-39(59)55(65-45)56-40(60)28-46(66-56)52-34(20-30(3)4)24-47(67-52)57(9,10)11)44-25-37-49(41-17-15-35(61-41)21-31(5)6)54-38(26-48(68-54)58(12,13)14)50(53(37)64-44)42-18-16-36(62-42)22-32(7)8/h15-18,23-32H,19-22H2,1-14H3. The molecule has 9 aromatic rings. The molecule has 0 aliphatic carbocycles. The van der Waals surface area contributed by atoms with Crippen molar-refractivity contribution in [2.24, 2.45) is 23.7 Å². The summed E-state index contributed by atoms with van der Waals surface area (Å²) < 4.78 is 35.4. The van der Waals surface area contributed by atoms with Gasteiger partial charge in [-0.2, -0.15) is 0 Å². The fraction of sp³-hybridized carbons (Fsp3) is 0.414. The molecule has 0 fully saturated rings. The van der Waals surface area contributed by atoms with Crippen LogP contribution in [0, 0.1) is 35.3 Å². The summed E-state index contributed by atoms with van der Waals surface area (Å²) in [6, 6.07) is 22.4. The molecule has 1 aromatic carbocycles. The molecule has 0 amide bonds. The molecule has 0 radical (unpaired) electrons. The van der Waals surface area contributed by atoms with Gasteiger partial charge in [-0.15, -0.1) is 90.7 Å². The number of hydrogen-bond donors (Lipinski definition) is 0. The van der Waals surface area contributed by atoms with Gasteiger partial charge in [0.15, 0.2) is 0 Å². The van der Waals surface area contributed by atoms with E-state index in [1.807, 2.05) is 45.3 Å². The quantitative estimate of drug-likeness (QED) is 0.102. The largest absolute Gasteiger partial charge is 0.205 e. The maximum absolute atomic E-state index is 16.5. The Morgan fingerprint density at radius 1 is 0.382 bits per heavy atom. The lowest BCUT2D eigenvalue weighted by atomic mass is 9.93. The number of fused-ring (bicyclic) bond motifs is 2. The highest BCUT2D eigenvalue weighted by Crippen LogP contribution is 2.56. The van der Waals surface area contributed by atoms with Crippen molar-refractivity contribution in [3.8, 4) is 59.9 Å². The molecule has 8 aromatic heterocycles. The van der Waals surface area contributed by atoms with Crippen LogP contribution in [0.3, 0.4) is 0 Å². The van der Waals surface area contributed by atoms with Crippen LogP contribution in [0.15, 0.2) is 60.7 Å². The molecule has 358 valence electrons. The molecule has 68 heavy (non-hydrogen) atoms. The zero-order valence-electron chi connectivity index (χ0n) is 41.9. The second-order valence-electron chi connectivity index (χ2n) is 22.4. The van der Waals surface area contributed by atoms with Crippen LogP contribution < -0.4 is 0 Å². The molecule has 8 heterocycles. The molecule has 10 heteroatoms. The highest BCUT2D eigenvalue weighted by molar-refractivity contribution is 7.31. The first-order valence-electron chi connectivity index (χ1n) is 24.1. The van der Waals surface area contributed by atoms with Gasteiger partial charge >= 0.3 is 0 Å². The Morgan fingerprint density at radius 3 is 1.28 bits per heavy atom. The summed E-state index contributed by atoms with van der Waals surface area (Å²) in [5.74, 6) is 1.35. The van der Waals surface area contributed by atoms with Gasteiger partial charge in [0.25, 0.3) is 0 Å². The monoisotopic (exact) mass is 1050 g/mol. The van der Waals surface area contributed by atoms with Crippen LogP contribution in [-0.2, 0) is 36.5 Å².